The van der Waals surface area contributed by atoms with Crippen molar-refractivity contribution in [2.24, 2.45) is 0 Å². The molecule has 0 fully saturated rings. The number of nitrogens with one attached hydrogen (secondary N) is 1. The molecule has 0 amide bonds. The summed E-state index contributed by atoms with van der Waals surface area (Å²) in [6.45, 7) is 1.93. The van der Waals surface area contributed by atoms with Crippen molar-refractivity contribution >= 4 is 17.3 Å². The molecular formula is C11H16ClNO3. The molecule has 1 unspecified atom stereocenters. The van der Waals surface area contributed by atoms with Crippen LogP contribution >= 0.6 is 11.6 Å². The van der Waals surface area contributed by atoms with E-state index >= 15 is 0 Å². The molecule has 0 saturated carbocycles. The van der Waals surface area contributed by atoms with Crippen LogP contribution in [0.15, 0.2) is 18.2 Å². The Hall–Kier alpha value is -0.970. The fourth-order valence-corrected chi connectivity index (χ4v) is 1.61. The van der Waals surface area contributed by atoms with E-state index in [0.29, 0.717) is 5.02 Å². The zero-order chi connectivity index (χ0) is 12.1. The Kier molecular flexibility index (Phi) is 4.86. The summed E-state index contributed by atoms with van der Waals surface area (Å²) in [7, 11) is 3.16. The van der Waals surface area contributed by atoms with Gasteiger partial charge in [0.15, 0.2) is 6.29 Å². The number of hydrogen-bond donors (Lipinski definition) is 2. The topological polar surface area (TPSA) is 50.7 Å². The summed E-state index contributed by atoms with van der Waals surface area (Å²) in [5.41, 5.74) is 0.800. The fraction of sp³-hybridized carbons (Fsp3) is 0.455. The average molecular weight is 246 g/mol. The lowest BCUT2D eigenvalue weighted by atomic mass is 10.2. The summed E-state index contributed by atoms with van der Waals surface area (Å²) in [6.07, 6.45) is -0.340. The van der Waals surface area contributed by atoms with Crippen LogP contribution in [-0.2, 0) is 9.47 Å². The molecular weight excluding hydrogens is 230 g/mol. The summed E-state index contributed by atoms with van der Waals surface area (Å²) < 4.78 is 10.2. The molecule has 0 saturated heterocycles. The smallest absolute Gasteiger partial charge is 0.176 e. The first-order valence-electron chi connectivity index (χ1n) is 4.89. The van der Waals surface area contributed by atoms with E-state index < -0.39 is 0 Å². The molecule has 0 heterocycles. The van der Waals surface area contributed by atoms with Gasteiger partial charge in [-0.1, -0.05) is 11.6 Å². The molecule has 0 aliphatic carbocycles. The van der Waals surface area contributed by atoms with Gasteiger partial charge < -0.3 is 19.9 Å². The predicted molar refractivity (Wildman–Crippen MR) is 64.0 cm³/mol. The van der Waals surface area contributed by atoms with Crippen LogP contribution in [0.3, 0.4) is 0 Å². The molecule has 0 aliphatic heterocycles. The van der Waals surface area contributed by atoms with Gasteiger partial charge in [0.1, 0.15) is 5.75 Å². The van der Waals surface area contributed by atoms with Crippen LogP contribution in [-0.4, -0.2) is 31.7 Å². The van der Waals surface area contributed by atoms with Gasteiger partial charge in [-0.3, -0.25) is 0 Å². The maximum absolute atomic E-state index is 9.27. The summed E-state index contributed by atoms with van der Waals surface area (Å²) in [5, 5.41) is 12.7. The van der Waals surface area contributed by atoms with Gasteiger partial charge in [0.05, 0.1) is 11.1 Å². The SMILES string of the molecule is COC(OC)C(C)Nc1ccc(O)c(Cl)c1. The van der Waals surface area contributed by atoms with Crippen LogP contribution in [0.2, 0.25) is 5.02 Å². The van der Waals surface area contributed by atoms with Gasteiger partial charge >= 0.3 is 0 Å². The molecule has 0 radical (unpaired) electrons. The second kappa shape index (κ2) is 5.94. The lowest BCUT2D eigenvalue weighted by Gasteiger charge is -2.23. The summed E-state index contributed by atoms with van der Waals surface area (Å²) >= 11 is 5.79. The van der Waals surface area contributed by atoms with Crippen LogP contribution in [0, 0.1) is 0 Å². The number of benzene rings is 1. The van der Waals surface area contributed by atoms with Gasteiger partial charge in [0.25, 0.3) is 0 Å². The van der Waals surface area contributed by atoms with Gasteiger partial charge in [0, 0.05) is 19.9 Å². The van der Waals surface area contributed by atoms with Crippen molar-refractivity contribution in [1.82, 2.24) is 0 Å². The van der Waals surface area contributed by atoms with Crippen LogP contribution in [0.4, 0.5) is 5.69 Å². The van der Waals surface area contributed by atoms with Crippen LogP contribution in [0.25, 0.3) is 0 Å². The molecule has 5 heteroatoms. The third-order valence-corrected chi connectivity index (χ3v) is 2.52. The summed E-state index contributed by atoms with van der Waals surface area (Å²) in [5.74, 6) is 0.0647. The van der Waals surface area contributed by atoms with Crippen molar-refractivity contribution in [3.8, 4) is 5.75 Å². The largest absolute Gasteiger partial charge is 0.506 e. The van der Waals surface area contributed by atoms with E-state index in [0.717, 1.165) is 5.69 Å². The third-order valence-electron chi connectivity index (χ3n) is 2.21. The van der Waals surface area contributed by atoms with Crippen LogP contribution in [0.5, 0.6) is 5.75 Å². The van der Waals surface area contributed by atoms with Gasteiger partial charge in [-0.05, 0) is 25.1 Å². The number of rotatable bonds is 5. The highest BCUT2D eigenvalue weighted by molar-refractivity contribution is 6.32. The highest BCUT2D eigenvalue weighted by Crippen LogP contribution is 2.26. The molecule has 0 aliphatic rings. The first-order chi connectivity index (χ1) is 7.58. The lowest BCUT2D eigenvalue weighted by molar-refractivity contribution is -0.109. The summed E-state index contributed by atoms with van der Waals surface area (Å²) in [4.78, 5) is 0. The van der Waals surface area contributed by atoms with E-state index in [2.05, 4.69) is 5.32 Å². The van der Waals surface area contributed by atoms with Gasteiger partial charge in [0.2, 0.25) is 0 Å². The molecule has 1 rings (SSSR count). The second-order valence-corrected chi connectivity index (χ2v) is 3.85. The third kappa shape index (κ3) is 3.27. The number of halogens is 1. The number of methoxy groups -OCH3 is 2. The molecule has 0 spiro atoms. The first-order valence-corrected chi connectivity index (χ1v) is 5.27. The van der Waals surface area contributed by atoms with E-state index in [1.165, 1.54) is 6.07 Å². The fourth-order valence-electron chi connectivity index (χ4n) is 1.43. The Morgan fingerprint density at radius 2 is 1.94 bits per heavy atom. The molecule has 16 heavy (non-hydrogen) atoms. The van der Waals surface area contributed by atoms with Gasteiger partial charge in [-0.25, -0.2) is 0 Å². The molecule has 0 bridgehead atoms. The standard InChI is InChI=1S/C11H16ClNO3/c1-7(11(15-2)16-3)13-8-4-5-10(14)9(12)6-8/h4-7,11,13-14H,1-3H3. The molecule has 1 aromatic carbocycles. The van der Waals surface area contributed by atoms with E-state index in [1.807, 2.05) is 6.92 Å². The van der Waals surface area contributed by atoms with Crippen LogP contribution in [0.1, 0.15) is 6.92 Å². The number of ether oxygens (including phenoxy) is 2. The second-order valence-electron chi connectivity index (χ2n) is 3.44. The number of phenolic OH excluding ortho intramolecular Hbond substituents is 1. The Bertz CT molecular complexity index is 342. The molecule has 4 nitrogen and oxygen atoms in total. The Balaban J connectivity index is 2.69. The zero-order valence-corrected chi connectivity index (χ0v) is 10.3. The summed E-state index contributed by atoms with van der Waals surface area (Å²) in [6, 6.07) is 4.89. The minimum Gasteiger partial charge on any atom is -0.506 e. The van der Waals surface area contributed by atoms with E-state index in [9.17, 15) is 5.11 Å². The number of phenols is 1. The number of anilines is 1. The van der Waals surface area contributed by atoms with Crippen molar-refractivity contribution in [1.29, 1.82) is 0 Å². The predicted octanol–water partition coefficient (Wildman–Crippen LogP) is 2.46. The minimum absolute atomic E-state index is 0.0318. The highest BCUT2D eigenvalue weighted by atomic mass is 35.5. The van der Waals surface area contributed by atoms with Crippen molar-refractivity contribution in [2.75, 3.05) is 19.5 Å². The molecule has 1 aromatic rings. The molecule has 0 aromatic heterocycles. The Morgan fingerprint density at radius 3 is 2.44 bits per heavy atom. The van der Waals surface area contributed by atoms with Gasteiger partial charge in [-0.2, -0.15) is 0 Å². The maximum atomic E-state index is 9.27. The highest BCUT2D eigenvalue weighted by Gasteiger charge is 2.15. The first kappa shape index (κ1) is 13.1. The van der Waals surface area contributed by atoms with Crippen molar-refractivity contribution < 1.29 is 14.6 Å². The minimum atomic E-state index is -0.340. The normalized spacial score (nSPS) is 12.8. The van der Waals surface area contributed by atoms with Crippen molar-refractivity contribution in [2.45, 2.75) is 19.3 Å². The zero-order valence-electron chi connectivity index (χ0n) is 9.53. The number of hydrogen-bond acceptors (Lipinski definition) is 4. The quantitative estimate of drug-likeness (QED) is 0.618. The lowest BCUT2D eigenvalue weighted by Crippen LogP contribution is -2.33. The van der Waals surface area contributed by atoms with E-state index in [1.54, 1.807) is 26.4 Å². The Labute approximate surface area is 100 Å². The maximum Gasteiger partial charge on any atom is 0.176 e. The van der Waals surface area contributed by atoms with E-state index in [-0.39, 0.29) is 18.1 Å². The van der Waals surface area contributed by atoms with E-state index in [4.69, 9.17) is 21.1 Å². The monoisotopic (exact) mass is 245 g/mol. The van der Waals surface area contributed by atoms with Gasteiger partial charge in [-0.15, -0.1) is 0 Å². The molecule has 90 valence electrons. The average Bonchev–Trinajstić information content (AvgIpc) is 2.25. The Morgan fingerprint density at radius 1 is 1.31 bits per heavy atom. The van der Waals surface area contributed by atoms with Crippen LogP contribution < -0.4 is 5.32 Å². The van der Waals surface area contributed by atoms with Crippen molar-refractivity contribution in [3.05, 3.63) is 23.2 Å². The molecule has 2 N–H and O–H groups in total. The number of aromatic hydroxyl groups is 1. The molecule has 1 atom stereocenters. The van der Waals surface area contributed by atoms with Crippen molar-refractivity contribution in [3.63, 3.8) is 0 Å².